The van der Waals surface area contributed by atoms with Crippen molar-refractivity contribution in [1.82, 2.24) is 24.7 Å². The Labute approximate surface area is 186 Å². The number of nitrogens with zero attached hydrogens (tertiary/aromatic N) is 5. The highest BCUT2D eigenvalue weighted by molar-refractivity contribution is 6.35. The highest BCUT2D eigenvalue weighted by Crippen LogP contribution is 2.26. The lowest BCUT2D eigenvalue weighted by Crippen LogP contribution is -2.09. The molecule has 0 spiro atoms. The zero-order valence-electron chi connectivity index (χ0n) is 15.6. The quantitative estimate of drug-likeness (QED) is 0.415. The number of aromatic nitrogens is 5. The van der Waals surface area contributed by atoms with E-state index in [0.29, 0.717) is 33.0 Å². The second kappa shape index (κ2) is 9.29. The van der Waals surface area contributed by atoms with Crippen LogP contribution in [0.3, 0.4) is 0 Å². The van der Waals surface area contributed by atoms with Gasteiger partial charge in [0.05, 0.1) is 12.2 Å². The van der Waals surface area contributed by atoms with Gasteiger partial charge < -0.3 is 16.2 Å². The van der Waals surface area contributed by atoms with Gasteiger partial charge in [-0.1, -0.05) is 40.9 Å². The van der Waals surface area contributed by atoms with Crippen molar-refractivity contribution < 1.29 is 9.53 Å². The number of carbonyl (C=O) groups excluding carboxylic acids is 1. The maximum atomic E-state index is 12.0. The Bertz CT molecular complexity index is 1110. The van der Waals surface area contributed by atoms with E-state index in [2.05, 4.69) is 20.1 Å². The maximum absolute atomic E-state index is 12.0. The Hall–Kier alpha value is -2.88. The molecular formula is C18H16Cl3N7O2. The molecule has 30 heavy (non-hydrogen) atoms. The molecule has 0 amide bonds. The number of halogens is 3. The van der Waals surface area contributed by atoms with Crippen molar-refractivity contribution in [3.63, 3.8) is 0 Å². The summed E-state index contributed by atoms with van der Waals surface area (Å²) in [5.74, 6) is -0.598. The lowest BCUT2D eigenvalue weighted by molar-refractivity contribution is -0.139. The summed E-state index contributed by atoms with van der Waals surface area (Å²) in [6, 6.07) is 5.18. The Morgan fingerprint density at radius 1 is 1.17 bits per heavy atom. The van der Waals surface area contributed by atoms with Crippen molar-refractivity contribution in [1.29, 1.82) is 0 Å². The summed E-state index contributed by atoms with van der Waals surface area (Å²) in [6.07, 6.45) is 2.74. The Morgan fingerprint density at radius 3 is 2.53 bits per heavy atom. The molecule has 0 radical (unpaired) electrons. The summed E-state index contributed by atoms with van der Waals surface area (Å²) >= 11 is 18.6. The normalized spacial score (nSPS) is 11.2. The average molecular weight is 469 g/mol. The summed E-state index contributed by atoms with van der Waals surface area (Å²) in [5.41, 5.74) is 13.0. The molecule has 0 saturated heterocycles. The number of rotatable bonds is 6. The van der Waals surface area contributed by atoms with E-state index in [0.717, 1.165) is 5.56 Å². The number of hydrogen-bond donors (Lipinski definition) is 2. The Kier molecular flexibility index (Phi) is 6.76. The molecule has 3 rings (SSSR count). The predicted octanol–water partition coefficient (Wildman–Crippen LogP) is 3.31. The first-order chi connectivity index (χ1) is 14.2. The van der Waals surface area contributed by atoms with E-state index in [-0.39, 0.29) is 24.3 Å². The van der Waals surface area contributed by atoms with Gasteiger partial charge in [0.25, 0.3) is 0 Å². The minimum atomic E-state index is -0.628. The topological polar surface area (TPSA) is 135 Å². The third-order valence-corrected chi connectivity index (χ3v) is 4.88. The van der Waals surface area contributed by atoms with Crippen LogP contribution in [-0.4, -0.2) is 30.7 Å². The van der Waals surface area contributed by atoms with E-state index in [9.17, 15) is 4.79 Å². The smallest absolute Gasteiger partial charge is 0.331 e. The number of nitrogens with two attached hydrogens (primary N) is 2. The number of ether oxygens (including phenoxy) is 1. The lowest BCUT2D eigenvalue weighted by Gasteiger charge is -2.06. The largest absolute Gasteiger partial charge is 0.454 e. The molecule has 0 unspecified atom stereocenters. The second-order valence-electron chi connectivity index (χ2n) is 6.09. The summed E-state index contributed by atoms with van der Waals surface area (Å²) in [5, 5.41) is 5.79. The molecule has 0 aliphatic rings. The molecule has 0 saturated carbocycles. The van der Waals surface area contributed by atoms with Gasteiger partial charge in [-0.15, -0.1) is 0 Å². The van der Waals surface area contributed by atoms with Crippen LogP contribution >= 0.6 is 34.8 Å². The summed E-state index contributed by atoms with van der Waals surface area (Å²) < 4.78 is 6.66. The third-order valence-electron chi connectivity index (χ3n) is 3.89. The first-order valence-electron chi connectivity index (χ1n) is 8.50. The van der Waals surface area contributed by atoms with E-state index in [1.165, 1.54) is 12.2 Å². The molecular weight excluding hydrogens is 453 g/mol. The van der Waals surface area contributed by atoms with Crippen molar-refractivity contribution in [2.45, 2.75) is 20.1 Å². The first kappa shape index (κ1) is 21.8. The number of anilines is 2. The standard InChI is InChI=1S/C18H16Cl3N7O2/c1-9-12(4-5-15(29)30-8-14-24-17(22)26-18(23)25-14)16(21)28(27-9)7-10-2-3-11(19)6-13(10)20/h2-6H,7-8H2,1H3,(H4,22,23,24,25,26)/b5-4+. The number of esters is 1. The van der Waals surface area contributed by atoms with Crippen molar-refractivity contribution >= 4 is 58.7 Å². The lowest BCUT2D eigenvalue weighted by atomic mass is 10.2. The van der Waals surface area contributed by atoms with Crippen molar-refractivity contribution in [3.8, 4) is 0 Å². The fraction of sp³-hybridized carbons (Fsp3) is 0.167. The van der Waals surface area contributed by atoms with Crippen LogP contribution in [0.2, 0.25) is 15.2 Å². The zero-order chi connectivity index (χ0) is 21.8. The van der Waals surface area contributed by atoms with E-state index in [1.807, 2.05) is 0 Å². The number of hydrogen-bond acceptors (Lipinski definition) is 8. The van der Waals surface area contributed by atoms with Gasteiger partial charge in [-0.05, 0) is 30.7 Å². The van der Waals surface area contributed by atoms with E-state index < -0.39 is 5.97 Å². The van der Waals surface area contributed by atoms with Gasteiger partial charge in [0.15, 0.2) is 12.4 Å². The number of aryl methyl sites for hydroxylation is 1. The van der Waals surface area contributed by atoms with Crippen LogP contribution in [-0.2, 0) is 22.7 Å². The molecule has 0 atom stereocenters. The van der Waals surface area contributed by atoms with Crippen molar-refractivity contribution in [3.05, 3.63) is 62.1 Å². The number of benzene rings is 1. The van der Waals surface area contributed by atoms with Gasteiger partial charge >= 0.3 is 5.97 Å². The van der Waals surface area contributed by atoms with E-state index >= 15 is 0 Å². The SMILES string of the molecule is Cc1nn(Cc2ccc(Cl)cc2Cl)c(Cl)c1/C=C/C(=O)OCc1nc(N)nc(N)n1. The van der Waals surface area contributed by atoms with Gasteiger partial charge in [-0.2, -0.15) is 20.1 Å². The molecule has 2 heterocycles. The predicted molar refractivity (Wildman–Crippen MR) is 115 cm³/mol. The molecule has 1 aromatic carbocycles. The molecule has 4 N–H and O–H groups in total. The van der Waals surface area contributed by atoms with Crippen LogP contribution in [0.1, 0.15) is 22.6 Å². The molecule has 12 heteroatoms. The minimum absolute atomic E-state index is 0.0558. The molecule has 0 fully saturated rings. The van der Waals surface area contributed by atoms with Gasteiger partial charge in [-0.25, -0.2) is 9.48 Å². The molecule has 9 nitrogen and oxygen atoms in total. The fourth-order valence-electron chi connectivity index (χ4n) is 2.53. The fourth-order valence-corrected chi connectivity index (χ4v) is 3.29. The van der Waals surface area contributed by atoms with Gasteiger partial charge in [0, 0.05) is 21.7 Å². The molecule has 3 aromatic rings. The average Bonchev–Trinajstić information content (AvgIpc) is 2.93. The second-order valence-corrected chi connectivity index (χ2v) is 7.29. The first-order valence-corrected chi connectivity index (χ1v) is 9.64. The van der Waals surface area contributed by atoms with Crippen LogP contribution in [0.15, 0.2) is 24.3 Å². The molecule has 0 aliphatic carbocycles. The molecule has 0 aliphatic heterocycles. The van der Waals surface area contributed by atoms with Crippen LogP contribution in [0.25, 0.3) is 6.08 Å². The van der Waals surface area contributed by atoms with Gasteiger partial charge in [0.2, 0.25) is 11.9 Å². The zero-order valence-corrected chi connectivity index (χ0v) is 17.9. The number of carbonyl (C=O) groups is 1. The van der Waals surface area contributed by atoms with E-state index in [4.69, 9.17) is 51.0 Å². The maximum Gasteiger partial charge on any atom is 0.331 e. The van der Waals surface area contributed by atoms with Gasteiger partial charge in [-0.3, -0.25) is 0 Å². The highest BCUT2D eigenvalue weighted by Gasteiger charge is 2.13. The molecule has 2 aromatic heterocycles. The third kappa shape index (κ3) is 5.38. The Balaban J connectivity index is 1.68. The van der Waals surface area contributed by atoms with Crippen molar-refractivity contribution in [2.24, 2.45) is 0 Å². The van der Waals surface area contributed by atoms with Gasteiger partial charge in [0.1, 0.15) is 5.15 Å². The van der Waals surface area contributed by atoms with Crippen LogP contribution in [0, 0.1) is 6.92 Å². The Morgan fingerprint density at radius 2 is 1.87 bits per heavy atom. The minimum Gasteiger partial charge on any atom is -0.454 e. The number of nitrogen functional groups attached to an aromatic ring is 2. The highest BCUT2D eigenvalue weighted by atomic mass is 35.5. The van der Waals surface area contributed by atoms with Crippen LogP contribution < -0.4 is 11.5 Å². The van der Waals surface area contributed by atoms with Crippen molar-refractivity contribution in [2.75, 3.05) is 11.5 Å². The molecule has 156 valence electrons. The summed E-state index contributed by atoms with van der Waals surface area (Å²) in [4.78, 5) is 23.3. The van der Waals surface area contributed by atoms with E-state index in [1.54, 1.807) is 29.8 Å². The monoisotopic (exact) mass is 467 g/mol. The summed E-state index contributed by atoms with van der Waals surface area (Å²) in [7, 11) is 0. The van der Waals surface area contributed by atoms with Crippen LogP contribution in [0.5, 0.6) is 0 Å². The molecule has 0 bridgehead atoms. The van der Waals surface area contributed by atoms with Crippen LogP contribution in [0.4, 0.5) is 11.9 Å². The summed E-state index contributed by atoms with van der Waals surface area (Å²) in [6.45, 7) is 1.91.